The van der Waals surface area contributed by atoms with E-state index in [1.54, 1.807) is 0 Å². The van der Waals surface area contributed by atoms with E-state index in [-0.39, 0.29) is 0 Å². The van der Waals surface area contributed by atoms with Crippen molar-refractivity contribution in [2.75, 3.05) is 0 Å². The normalized spacial score (nSPS) is 12.7. The van der Waals surface area contributed by atoms with E-state index in [1.807, 2.05) is 60.8 Å². The van der Waals surface area contributed by atoms with E-state index in [1.165, 1.54) is 0 Å². The molecule has 6 aromatic rings. The Morgan fingerprint density at radius 3 is 1.97 bits per heavy atom. The molecule has 0 saturated heterocycles. The van der Waals surface area contributed by atoms with Crippen molar-refractivity contribution in [3.8, 4) is 17.3 Å². The number of rotatable bonds is 1. The number of hydrogen-bond donors (Lipinski definition) is 0. The molecule has 0 aliphatic heterocycles. The van der Waals surface area contributed by atoms with E-state index in [0.717, 1.165) is 54.2 Å². The molecule has 0 unspecified atom stereocenters. The number of hydrogen-bond acceptors (Lipinski definition) is 3. The van der Waals surface area contributed by atoms with Crippen LogP contribution in [0, 0.1) is 18.0 Å². The molecule has 0 atom stereocenters. The highest BCUT2D eigenvalue weighted by atomic mass is 15.2. The first kappa shape index (κ1) is 18.0. The fraction of sp³-hybridized carbons (Fsp3) is 0. The van der Waals surface area contributed by atoms with Gasteiger partial charge in [-0.05, 0) is 27.8 Å². The molecule has 0 saturated carbocycles. The third-order valence-corrected chi connectivity index (χ3v) is 6.12. The van der Waals surface area contributed by atoms with Gasteiger partial charge in [0.2, 0.25) is 6.19 Å². The van der Waals surface area contributed by atoms with Gasteiger partial charge in [0.1, 0.15) is 0 Å². The predicted molar refractivity (Wildman–Crippen MR) is 128 cm³/mol. The number of nitrogens with zero attached hydrogens (tertiary/aromatic N) is 4. The Labute approximate surface area is 183 Å². The molecule has 0 amide bonds. The standard InChI is InChI=1S/C28H14N4/c1-30-32-27-21-14-8-6-12-19(21)25-23(27)15-22-18-11-5-7-13-20(18)28(31-16-29)26(22)24(25)17-9-3-2-4-10-17/h2-15H. The van der Waals surface area contributed by atoms with Crippen molar-refractivity contribution in [1.29, 1.82) is 5.26 Å². The first-order valence-corrected chi connectivity index (χ1v) is 10.2. The zero-order valence-corrected chi connectivity index (χ0v) is 16.9. The lowest BCUT2D eigenvalue weighted by Gasteiger charge is -2.08. The number of benzene rings is 4. The molecule has 6 rings (SSSR count). The minimum atomic E-state index is 0.688. The molecule has 6 aromatic carbocycles. The van der Waals surface area contributed by atoms with Crippen molar-refractivity contribution in [3.63, 3.8) is 0 Å². The van der Waals surface area contributed by atoms with Crippen molar-refractivity contribution in [3.05, 3.63) is 107 Å². The van der Waals surface area contributed by atoms with Crippen LogP contribution in [0.2, 0.25) is 0 Å². The van der Waals surface area contributed by atoms with Gasteiger partial charge < -0.3 is 0 Å². The van der Waals surface area contributed by atoms with Crippen LogP contribution >= 0.6 is 0 Å². The maximum absolute atomic E-state index is 9.51. The van der Waals surface area contributed by atoms with Gasteiger partial charge in [-0.1, -0.05) is 78.9 Å². The summed E-state index contributed by atoms with van der Waals surface area (Å²) >= 11 is 0. The molecule has 0 bridgehead atoms. The van der Waals surface area contributed by atoms with E-state index in [4.69, 9.17) is 6.57 Å². The molecule has 0 N–H and O–H groups in total. The van der Waals surface area contributed by atoms with E-state index >= 15 is 0 Å². The minimum absolute atomic E-state index is 0.688. The fourth-order valence-electron chi connectivity index (χ4n) is 4.94. The summed E-state index contributed by atoms with van der Waals surface area (Å²) in [5.41, 5.74) is 2.06. The van der Waals surface area contributed by atoms with Crippen molar-refractivity contribution >= 4 is 43.1 Å². The van der Waals surface area contributed by atoms with Gasteiger partial charge in [0, 0.05) is 32.5 Å². The van der Waals surface area contributed by atoms with Crippen LogP contribution in [0.25, 0.3) is 59.2 Å². The van der Waals surface area contributed by atoms with Crippen LogP contribution in [0.3, 0.4) is 0 Å². The summed E-state index contributed by atoms with van der Waals surface area (Å²) in [4.78, 5) is 7.64. The van der Waals surface area contributed by atoms with Crippen LogP contribution < -0.4 is 10.7 Å². The largest absolute Gasteiger partial charge is 0.206 e. The summed E-state index contributed by atoms with van der Waals surface area (Å²) in [5, 5.41) is 23.0. The van der Waals surface area contributed by atoms with Crippen molar-refractivity contribution in [2.24, 2.45) is 10.1 Å². The Balaban J connectivity index is 2.06. The molecule has 4 nitrogen and oxygen atoms in total. The van der Waals surface area contributed by atoms with E-state index < -0.39 is 0 Å². The van der Waals surface area contributed by atoms with Crippen LogP contribution in [-0.2, 0) is 0 Å². The zero-order valence-electron chi connectivity index (χ0n) is 16.9. The summed E-state index contributed by atoms with van der Waals surface area (Å²) in [6, 6.07) is 28.4. The van der Waals surface area contributed by atoms with E-state index in [9.17, 15) is 5.26 Å². The summed E-state index contributed by atoms with van der Waals surface area (Å²) in [6.45, 7) is 7.41. The zero-order chi connectivity index (χ0) is 21.7. The van der Waals surface area contributed by atoms with Crippen molar-refractivity contribution in [1.82, 2.24) is 0 Å². The fourth-order valence-corrected chi connectivity index (χ4v) is 4.94. The van der Waals surface area contributed by atoms with Crippen LogP contribution in [0.15, 0.2) is 95.0 Å². The molecule has 32 heavy (non-hydrogen) atoms. The highest BCUT2D eigenvalue weighted by molar-refractivity contribution is 6.28. The second kappa shape index (κ2) is 6.87. The smallest absolute Gasteiger partial charge is 0.181 e. The van der Waals surface area contributed by atoms with Crippen molar-refractivity contribution in [2.45, 2.75) is 0 Å². The Bertz CT molecular complexity index is 1880. The quantitative estimate of drug-likeness (QED) is 0.189. The lowest BCUT2D eigenvalue weighted by Crippen LogP contribution is -2.01. The average molecular weight is 406 g/mol. The van der Waals surface area contributed by atoms with E-state index in [2.05, 4.69) is 45.4 Å². The third kappa shape index (κ3) is 2.35. The molecule has 0 heterocycles. The minimum Gasteiger partial charge on any atom is -0.181 e. The highest BCUT2D eigenvalue weighted by Crippen LogP contribution is 2.41. The maximum atomic E-state index is 9.51. The lowest BCUT2D eigenvalue weighted by atomic mass is 9.94. The molecule has 0 aliphatic carbocycles. The first-order valence-electron chi connectivity index (χ1n) is 10.2. The predicted octanol–water partition coefficient (Wildman–Crippen LogP) is 5.96. The molecular formula is C28H14N4. The van der Waals surface area contributed by atoms with Gasteiger partial charge in [-0.25, -0.2) is 0 Å². The van der Waals surface area contributed by atoms with Gasteiger partial charge in [-0.2, -0.15) is 16.8 Å². The van der Waals surface area contributed by atoms with Crippen molar-refractivity contribution < 1.29 is 0 Å². The van der Waals surface area contributed by atoms with Crippen LogP contribution in [0.4, 0.5) is 0 Å². The Morgan fingerprint density at radius 1 is 0.656 bits per heavy atom. The molecular weight excluding hydrogens is 392 g/mol. The van der Waals surface area contributed by atoms with Gasteiger partial charge in [0.05, 0.1) is 10.5 Å². The van der Waals surface area contributed by atoms with Crippen LogP contribution in [0.5, 0.6) is 0 Å². The van der Waals surface area contributed by atoms with Crippen LogP contribution in [0.1, 0.15) is 0 Å². The van der Waals surface area contributed by atoms with Gasteiger partial charge in [0.15, 0.2) is 5.36 Å². The molecule has 0 aliphatic rings. The van der Waals surface area contributed by atoms with E-state index in [0.29, 0.717) is 10.7 Å². The molecule has 0 aromatic heterocycles. The van der Waals surface area contributed by atoms with Crippen LogP contribution in [-0.4, -0.2) is 0 Å². The Morgan fingerprint density at radius 2 is 1.28 bits per heavy atom. The second-order valence-corrected chi connectivity index (χ2v) is 7.66. The average Bonchev–Trinajstić information content (AvgIpc) is 3.32. The third-order valence-electron chi connectivity index (χ3n) is 6.12. The molecule has 0 fully saturated rings. The summed E-state index contributed by atoms with van der Waals surface area (Å²) < 4.78 is 0. The summed E-state index contributed by atoms with van der Waals surface area (Å²) in [7, 11) is 0. The molecule has 0 spiro atoms. The summed E-state index contributed by atoms with van der Waals surface area (Å²) in [5.74, 6) is 0. The van der Waals surface area contributed by atoms with Gasteiger partial charge in [-0.3, -0.25) is 0 Å². The molecule has 4 heteroatoms. The topological polar surface area (TPSA) is 52.9 Å². The van der Waals surface area contributed by atoms with Gasteiger partial charge in [-0.15, -0.1) is 4.95 Å². The lowest BCUT2D eigenvalue weighted by molar-refractivity contribution is 1.37. The number of fused-ring (bicyclic) bond motifs is 6. The highest BCUT2D eigenvalue weighted by Gasteiger charge is 2.21. The maximum Gasteiger partial charge on any atom is 0.206 e. The summed E-state index contributed by atoms with van der Waals surface area (Å²) in [6.07, 6.45) is 2.01. The second-order valence-electron chi connectivity index (χ2n) is 7.66. The molecule has 146 valence electrons. The number of nitriles is 1. The molecule has 0 radical (unpaired) electrons. The van der Waals surface area contributed by atoms with Gasteiger partial charge in [0.25, 0.3) is 0 Å². The first-order chi connectivity index (χ1) is 15.8. The SMILES string of the molecule is [C-]#[N+]N=c1c2ccccc2c2c(-c3ccccc3)c3c(=NC#N)c4ccccc4c3cc12. The monoisotopic (exact) mass is 406 g/mol. The Kier molecular flexibility index (Phi) is 3.87. The van der Waals surface area contributed by atoms with Gasteiger partial charge >= 0.3 is 0 Å². The Hall–Kier alpha value is -4.80.